The first-order valence-electron chi connectivity index (χ1n) is 10.3. The highest BCUT2D eigenvalue weighted by Crippen LogP contribution is 2.35. The molecule has 2 aromatic heterocycles. The molecule has 0 bridgehead atoms. The van der Waals surface area contributed by atoms with E-state index in [1.807, 2.05) is 0 Å². The van der Waals surface area contributed by atoms with Crippen LogP contribution in [0.15, 0.2) is 65.7 Å². The van der Waals surface area contributed by atoms with Gasteiger partial charge in [-0.05, 0) is 55.4 Å². The number of rotatable bonds is 4. The van der Waals surface area contributed by atoms with Crippen molar-refractivity contribution >= 4 is 22.6 Å². The van der Waals surface area contributed by atoms with E-state index in [1.165, 1.54) is 22.8 Å². The Morgan fingerprint density at radius 1 is 1.12 bits per heavy atom. The lowest BCUT2D eigenvalue weighted by Gasteiger charge is -2.12. The number of fused-ring (bicyclic) bond motifs is 1. The molecule has 5 rings (SSSR count). The Labute approximate surface area is 191 Å². The summed E-state index contributed by atoms with van der Waals surface area (Å²) in [6, 6.07) is 11.1. The zero-order valence-corrected chi connectivity index (χ0v) is 17.9. The number of nitrogens with one attached hydrogen (secondary N) is 1. The molecule has 6 nitrogen and oxygen atoms in total. The van der Waals surface area contributed by atoms with Crippen LogP contribution >= 0.6 is 11.6 Å². The third-order valence-electron chi connectivity index (χ3n) is 5.64. The predicted octanol–water partition coefficient (Wildman–Crippen LogP) is 5.19. The third kappa shape index (κ3) is 3.98. The summed E-state index contributed by atoms with van der Waals surface area (Å²) in [5.41, 5.74) is 0.876. The van der Waals surface area contributed by atoms with Crippen molar-refractivity contribution in [1.82, 2.24) is 19.4 Å². The number of pyridine rings is 1. The highest BCUT2D eigenvalue weighted by molar-refractivity contribution is 6.32. The minimum atomic E-state index is -4.48. The topological polar surface area (TPSA) is 61.1 Å². The molecule has 0 aliphatic carbocycles. The molecule has 1 aliphatic heterocycles. The van der Waals surface area contributed by atoms with Crippen LogP contribution in [-0.4, -0.2) is 27.2 Å². The molecule has 1 aliphatic rings. The van der Waals surface area contributed by atoms with Gasteiger partial charge in [0.05, 0.1) is 39.5 Å². The van der Waals surface area contributed by atoms with Crippen molar-refractivity contribution in [2.45, 2.75) is 18.6 Å². The monoisotopic (exact) mass is 474 g/mol. The summed E-state index contributed by atoms with van der Waals surface area (Å²) in [4.78, 5) is 17.5. The van der Waals surface area contributed by atoms with E-state index in [0.717, 1.165) is 30.6 Å². The first kappa shape index (κ1) is 21.5. The molecular formula is C23H18ClF3N4O2. The van der Waals surface area contributed by atoms with Gasteiger partial charge in [-0.25, -0.2) is 4.79 Å². The van der Waals surface area contributed by atoms with E-state index in [4.69, 9.17) is 16.3 Å². The van der Waals surface area contributed by atoms with Gasteiger partial charge in [-0.2, -0.15) is 13.2 Å². The van der Waals surface area contributed by atoms with Gasteiger partial charge >= 0.3 is 11.9 Å². The molecule has 0 spiro atoms. The average molecular weight is 475 g/mol. The van der Waals surface area contributed by atoms with Gasteiger partial charge < -0.3 is 10.1 Å². The molecule has 170 valence electrons. The Balaban J connectivity index is 1.53. The Kier molecular flexibility index (Phi) is 5.38. The van der Waals surface area contributed by atoms with Gasteiger partial charge in [-0.3, -0.25) is 14.1 Å². The summed E-state index contributed by atoms with van der Waals surface area (Å²) < 4.78 is 47.8. The van der Waals surface area contributed by atoms with E-state index in [1.54, 1.807) is 35.2 Å². The van der Waals surface area contributed by atoms with Crippen molar-refractivity contribution in [3.8, 4) is 17.2 Å². The van der Waals surface area contributed by atoms with Crippen LogP contribution in [0.4, 0.5) is 13.2 Å². The number of nitrogens with zero attached hydrogens (tertiary/aromatic N) is 3. The predicted molar refractivity (Wildman–Crippen MR) is 118 cm³/mol. The molecule has 0 saturated carbocycles. The molecular weight excluding hydrogens is 457 g/mol. The number of hydrogen-bond donors (Lipinski definition) is 1. The number of ether oxygens (including phenoxy) is 1. The summed E-state index contributed by atoms with van der Waals surface area (Å²) in [5, 5.41) is 3.43. The second-order valence-electron chi connectivity index (χ2n) is 7.74. The van der Waals surface area contributed by atoms with E-state index < -0.39 is 11.7 Å². The standard InChI is InChI=1S/C23H18ClF3N4O2/c24-18-11-15(4-5-21(18)33-17-3-1-2-14(10-17)23(25,26)27)30-20-13-29-9-7-19(20)31(22(30)32)16-6-8-28-12-16/h1-5,7,9-11,13,16,28H,6,8,12H2. The molecule has 1 unspecified atom stereocenters. The van der Waals surface area contributed by atoms with E-state index in [0.29, 0.717) is 17.7 Å². The van der Waals surface area contributed by atoms with Crippen LogP contribution in [0, 0.1) is 0 Å². The van der Waals surface area contributed by atoms with Crippen LogP contribution in [0.25, 0.3) is 16.7 Å². The quantitative estimate of drug-likeness (QED) is 0.442. The maximum absolute atomic E-state index is 13.4. The summed E-state index contributed by atoms with van der Waals surface area (Å²) in [6.45, 7) is 1.54. The van der Waals surface area contributed by atoms with Crippen molar-refractivity contribution in [2.75, 3.05) is 13.1 Å². The number of aromatic nitrogens is 3. The third-order valence-corrected chi connectivity index (χ3v) is 5.93. The summed E-state index contributed by atoms with van der Waals surface area (Å²) in [5.74, 6) is 0.181. The lowest BCUT2D eigenvalue weighted by atomic mass is 10.2. The van der Waals surface area contributed by atoms with Gasteiger partial charge in [-0.1, -0.05) is 17.7 Å². The Hall–Kier alpha value is -3.30. The van der Waals surface area contributed by atoms with Gasteiger partial charge in [0, 0.05) is 12.7 Å². The minimum absolute atomic E-state index is 0.00572. The number of imidazole rings is 1. The molecule has 2 aromatic carbocycles. The molecule has 33 heavy (non-hydrogen) atoms. The molecule has 3 heterocycles. The summed E-state index contributed by atoms with van der Waals surface area (Å²) >= 11 is 6.40. The van der Waals surface area contributed by atoms with Gasteiger partial charge in [0.25, 0.3) is 0 Å². The fourth-order valence-electron chi connectivity index (χ4n) is 4.11. The van der Waals surface area contributed by atoms with Gasteiger partial charge in [0.2, 0.25) is 0 Å². The normalized spacial score (nSPS) is 16.4. The Bertz CT molecular complexity index is 1390. The lowest BCUT2D eigenvalue weighted by molar-refractivity contribution is -0.137. The van der Waals surface area contributed by atoms with Crippen molar-refractivity contribution in [3.05, 3.63) is 82.0 Å². The second-order valence-corrected chi connectivity index (χ2v) is 8.15. The van der Waals surface area contributed by atoms with Gasteiger partial charge in [0.1, 0.15) is 11.5 Å². The maximum atomic E-state index is 13.4. The van der Waals surface area contributed by atoms with E-state index in [9.17, 15) is 18.0 Å². The van der Waals surface area contributed by atoms with Crippen molar-refractivity contribution in [2.24, 2.45) is 0 Å². The number of hydrogen-bond acceptors (Lipinski definition) is 4. The van der Waals surface area contributed by atoms with Crippen molar-refractivity contribution in [3.63, 3.8) is 0 Å². The molecule has 0 radical (unpaired) electrons. The first-order chi connectivity index (χ1) is 15.8. The van der Waals surface area contributed by atoms with Crippen LogP contribution in [-0.2, 0) is 6.18 Å². The molecule has 1 fully saturated rings. The van der Waals surface area contributed by atoms with Crippen LogP contribution in [0.5, 0.6) is 11.5 Å². The zero-order chi connectivity index (χ0) is 23.2. The largest absolute Gasteiger partial charge is 0.456 e. The fourth-order valence-corrected chi connectivity index (χ4v) is 4.32. The van der Waals surface area contributed by atoms with Crippen LogP contribution in [0.2, 0.25) is 5.02 Å². The molecule has 1 N–H and O–H groups in total. The minimum Gasteiger partial charge on any atom is -0.456 e. The fraction of sp³-hybridized carbons (Fsp3) is 0.217. The number of halogens is 4. The lowest BCUT2D eigenvalue weighted by Crippen LogP contribution is -2.27. The first-order valence-corrected chi connectivity index (χ1v) is 10.6. The SMILES string of the molecule is O=c1n(-c2ccc(Oc3cccc(C(F)(F)F)c3)c(Cl)c2)c2cnccc2n1C1CCNC1. The zero-order valence-electron chi connectivity index (χ0n) is 17.1. The number of benzene rings is 2. The molecule has 10 heteroatoms. The Morgan fingerprint density at radius 3 is 2.70 bits per heavy atom. The maximum Gasteiger partial charge on any atom is 0.416 e. The molecule has 4 aromatic rings. The highest BCUT2D eigenvalue weighted by atomic mass is 35.5. The highest BCUT2D eigenvalue weighted by Gasteiger charge is 2.30. The van der Waals surface area contributed by atoms with E-state index in [2.05, 4.69) is 10.3 Å². The average Bonchev–Trinajstić information content (AvgIpc) is 3.40. The van der Waals surface area contributed by atoms with E-state index in [-0.39, 0.29) is 28.3 Å². The van der Waals surface area contributed by atoms with Crippen LogP contribution < -0.4 is 15.7 Å². The van der Waals surface area contributed by atoms with Crippen LogP contribution in [0.3, 0.4) is 0 Å². The molecule has 1 saturated heterocycles. The van der Waals surface area contributed by atoms with Gasteiger partial charge in [-0.15, -0.1) is 0 Å². The van der Waals surface area contributed by atoms with Crippen LogP contribution in [0.1, 0.15) is 18.0 Å². The second kappa shape index (κ2) is 8.24. The molecule has 0 amide bonds. The van der Waals surface area contributed by atoms with Crippen molar-refractivity contribution in [1.29, 1.82) is 0 Å². The number of alkyl halides is 3. The van der Waals surface area contributed by atoms with E-state index >= 15 is 0 Å². The smallest absolute Gasteiger partial charge is 0.416 e. The summed E-state index contributed by atoms with van der Waals surface area (Å²) in [6.07, 6.45) is -0.377. The Morgan fingerprint density at radius 2 is 1.97 bits per heavy atom. The van der Waals surface area contributed by atoms with Crippen molar-refractivity contribution < 1.29 is 17.9 Å². The summed E-state index contributed by atoms with van der Waals surface area (Å²) in [7, 11) is 0. The molecule has 1 atom stereocenters. The van der Waals surface area contributed by atoms with Gasteiger partial charge in [0.15, 0.2) is 0 Å².